The molecule has 3 heteroatoms. The van der Waals surface area contributed by atoms with Gasteiger partial charge in [-0.05, 0) is 104 Å². The molecule has 10 aromatic rings. The molecule has 2 aromatic heterocycles. The topological polar surface area (TPSA) is 29.3 Å². The Kier molecular flexibility index (Phi) is 6.49. The second-order valence-corrected chi connectivity index (χ2v) is 12.8. The number of hydrogen-bond acceptors (Lipinski definition) is 3. The van der Waals surface area contributed by atoms with Crippen molar-refractivity contribution >= 4 is 71.4 Å². The summed E-state index contributed by atoms with van der Waals surface area (Å²) >= 11 is 0. The van der Waals surface area contributed by atoms with Gasteiger partial charge in [-0.25, -0.2) is 0 Å². The van der Waals surface area contributed by atoms with Gasteiger partial charge in [-0.3, -0.25) is 4.98 Å². The van der Waals surface area contributed by atoms with E-state index in [9.17, 15) is 0 Å². The number of aromatic nitrogens is 1. The third-order valence-electron chi connectivity index (χ3n) is 9.90. The second kappa shape index (κ2) is 11.5. The summed E-state index contributed by atoms with van der Waals surface area (Å²) in [4.78, 5) is 7.00. The van der Waals surface area contributed by atoms with Crippen LogP contribution < -0.4 is 4.90 Å². The molecule has 2 heterocycles. The predicted octanol–water partition coefficient (Wildman–Crippen LogP) is 13.2. The predicted molar refractivity (Wildman–Crippen MR) is 210 cm³/mol. The van der Waals surface area contributed by atoms with E-state index in [1.54, 1.807) is 0 Å². The Morgan fingerprint density at radius 1 is 0.380 bits per heavy atom. The molecule has 0 aliphatic carbocycles. The molecule has 0 bridgehead atoms. The minimum absolute atomic E-state index is 0.805. The van der Waals surface area contributed by atoms with E-state index >= 15 is 0 Å². The summed E-state index contributed by atoms with van der Waals surface area (Å²) in [5.74, 6) is 0. The monoisotopic (exact) mass is 638 g/mol. The largest absolute Gasteiger partial charge is 0.454 e. The first kappa shape index (κ1) is 28.3. The summed E-state index contributed by atoms with van der Waals surface area (Å²) in [6, 6.07) is 63.0. The number of rotatable bonds is 5. The Bertz CT molecular complexity index is 2850. The van der Waals surface area contributed by atoms with Gasteiger partial charge in [-0.15, -0.1) is 0 Å². The van der Waals surface area contributed by atoms with Gasteiger partial charge in [0.25, 0.3) is 0 Å². The average Bonchev–Trinajstić information content (AvgIpc) is 3.57. The maximum atomic E-state index is 6.05. The molecule has 0 amide bonds. The summed E-state index contributed by atoms with van der Waals surface area (Å²) in [6.45, 7) is 0. The van der Waals surface area contributed by atoms with E-state index < -0.39 is 0 Å². The van der Waals surface area contributed by atoms with Crippen molar-refractivity contribution in [3.63, 3.8) is 0 Å². The van der Waals surface area contributed by atoms with Crippen molar-refractivity contribution in [1.82, 2.24) is 4.98 Å². The van der Waals surface area contributed by atoms with E-state index in [1.165, 1.54) is 43.4 Å². The minimum atomic E-state index is 0.805. The van der Waals surface area contributed by atoms with E-state index in [0.29, 0.717) is 0 Å². The van der Waals surface area contributed by atoms with Crippen LogP contribution in [0.5, 0.6) is 0 Å². The number of nitrogens with zero attached hydrogens (tertiary/aromatic N) is 2. The molecule has 0 fully saturated rings. The maximum Gasteiger partial charge on any atom is 0.153 e. The van der Waals surface area contributed by atoms with Gasteiger partial charge in [-0.2, -0.15) is 0 Å². The quantitative estimate of drug-likeness (QED) is 0.176. The molecule has 0 aliphatic heterocycles. The SMILES string of the molecule is c1ccc(-c2ccc(N(c3ccc(-c4ccc5oc6cccnc6c5c4)cc3)c3cc4c5ccccc5ccc4c4ccccc34)cc2)cc1. The third kappa shape index (κ3) is 4.63. The lowest BCUT2D eigenvalue weighted by atomic mass is 9.95. The average molecular weight is 639 g/mol. The van der Waals surface area contributed by atoms with Gasteiger partial charge >= 0.3 is 0 Å². The summed E-state index contributed by atoms with van der Waals surface area (Å²) in [5.41, 5.74) is 10.5. The van der Waals surface area contributed by atoms with Crippen molar-refractivity contribution in [2.75, 3.05) is 4.90 Å². The second-order valence-electron chi connectivity index (χ2n) is 12.8. The van der Waals surface area contributed by atoms with Crippen LogP contribution in [0.1, 0.15) is 0 Å². The highest BCUT2D eigenvalue weighted by atomic mass is 16.3. The van der Waals surface area contributed by atoms with E-state index in [4.69, 9.17) is 4.42 Å². The molecule has 0 saturated heterocycles. The highest BCUT2D eigenvalue weighted by Gasteiger charge is 2.19. The van der Waals surface area contributed by atoms with Crippen LogP contribution >= 0.6 is 0 Å². The Morgan fingerprint density at radius 2 is 1.00 bits per heavy atom. The van der Waals surface area contributed by atoms with Crippen LogP contribution in [0.4, 0.5) is 17.1 Å². The van der Waals surface area contributed by atoms with Gasteiger partial charge in [0.1, 0.15) is 11.1 Å². The van der Waals surface area contributed by atoms with Crippen LogP contribution in [0.15, 0.2) is 187 Å². The zero-order valence-corrected chi connectivity index (χ0v) is 27.1. The van der Waals surface area contributed by atoms with Gasteiger partial charge in [0.2, 0.25) is 0 Å². The summed E-state index contributed by atoms with van der Waals surface area (Å²) in [5, 5.41) is 8.46. The number of anilines is 3. The molecule has 0 N–H and O–H groups in total. The van der Waals surface area contributed by atoms with Crippen LogP contribution in [-0.4, -0.2) is 4.98 Å². The highest BCUT2D eigenvalue weighted by Crippen LogP contribution is 2.44. The zero-order valence-electron chi connectivity index (χ0n) is 27.1. The van der Waals surface area contributed by atoms with Crippen molar-refractivity contribution in [3.05, 3.63) is 182 Å². The van der Waals surface area contributed by atoms with Crippen molar-refractivity contribution in [1.29, 1.82) is 0 Å². The Morgan fingerprint density at radius 3 is 1.78 bits per heavy atom. The molecule has 0 saturated carbocycles. The summed E-state index contributed by atoms with van der Waals surface area (Å²) < 4.78 is 6.05. The third-order valence-corrected chi connectivity index (χ3v) is 9.90. The maximum absolute atomic E-state index is 6.05. The fourth-order valence-electron chi connectivity index (χ4n) is 7.47. The first-order valence-electron chi connectivity index (χ1n) is 17.0. The van der Waals surface area contributed by atoms with Crippen LogP contribution in [0.2, 0.25) is 0 Å². The molecule has 10 rings (SSSR count). The number of furan rings is 1. The van der Waals surface area contributed by atoms with Gasteiger partial charge in [0.05, 0.1) is 5.69 Å². The molecule has 0 aliphatic rings. The number of pyridine rings is 1. The molecular formula is C47H30N2O. The molecule has 0 spiro atoms. The zero-order chi connectivity index (χ0) is 33.0. The van der Waals surface area contributed by atoms with Crippen LogP contribution in [-0.2, 0) is 0 Å². The lowest BCUT2D eigenvalue weighted by Gasteiger charge is -2.28. The van der Waals surface area contributed by atoms with Crippen molar-refractivity contribution in [2.45, 2.75) is 0 Å². The van der Waals surface area contributed by atoms with Crippen LogP contribution in [0.3, 0.4) is 0 Å². The fourth-order valence-corrected chi connectivity index (χ4v) is 7.47. The molecule has 50 heavy (non-hydrogen) atoms. The normalized spacial score (nSPS) is 11.6. The molecule has 0 unspecified atom stereocenters. The Hall–Kier alpha value is -6.71. The number of fused-ring (bicyclic) bond motifs is 8. The molecule has 234 valence electrons. The van der Waals surface area contributed by atoms with E-state index in [2.05, 4.69) is 168 Å². The van der Waals surface area contributed by atoms with E-state index in [-0.39, 0.29) is 0 Å². The van der Waals surface area contributed by atoms with Gasteiger partial charge in [0.15, 0.2) is 5.58 Å². The van der Waals surface area contributed by atoms with Crippen molar-refractivity contribution in [2.24, 2.45) is 0 Å². The van der Waals surface area contributed by atoms with Gasteiger partial charge < -0.3 is 9.32 Å². The molecule has 0 atom stereocenters. The fraction of sp³-hybridized carbons (Fsp3) is 0. The lowest BCUT2D eigenvalue weighted by Crippen LogP contribution is -2.10. The summed E-state index contributed by atoms with van der Waals surface area (Å²) in [7, 11) is 0. The molecular weight excluding hydrogens is 609 g/mol. The van der Waals surface area contributed by atoms with Crippen LogP contribution in [0, 0.1) is 0 Å². The molecule has 0 radical (unpaired) electrons. The van der Waals surface area contributed by atoms with Gasteiger partial charge in [-0.1, -0.05) is 121 Å². The van der Waals surface area contributed by atoms with E-state index in [0.717, 1.165) is 50.3 Å². The van der Waals surface area contributed by atoms with Crippen molar-refractivity contribution < 1.29 is 4.42 Å². The smallest absolute Gasteiger partial charge is 0.153 e. The minimum Gasteiger partial charge on any atom is -0.454 e. The van der Waals surface area contributed by atoms with E-state index in [1.807, 2.05) is 24.4 Å². The first-order chi connectivity index (χ1) is 24.8. The first-order valence-corrected chi connectivity index (χ1v) is 17.0. The number of benzene rings is 8. The standard InChI is InChI=1S/C47H30N2O/c1-2-9-31(10-3-1)32-16-22-36(23-17-32)49(44-30-42-38-12-5-4-11-34(38)20-26-40(42)39-13-6-7-14-41(39)44)37-24-18-33(19-25-37)35-21-27-45-43(29-35)47-46(50-45)15-8-28-48-47/h1-30H. The Labute approximate surface area is 289 Å². The summed E-state index contributed by atoms with van der Waals surface area (Å²) in [6.07, 6.45) is 1.82. The molecule has 8 aromatic carbocycles. The van der Waals surface area contributed by atoms with Gasteiger partial charge in [0, 0.05) is 28.3 Å². The molecule has 3 nitrogen and oxygen atoms in total. The van der Waals surface area contributed by atoms with Crippen LogP contribution in [0.25, 0.3) is 76.6 Å². The van der Waals surface area contributed by atoms with Crippen molar-refractivity contribution in [3.8, 4) is 22.3 Å². The Balaban J connectivity index is 1.16. The highest BCUT2D eigenvalue weighted by molar-refractivity contribution is 6.21. The lowest BCUT2D eigenvalue weighted by molar-refractivity contribution is 0.668. The number of hydrogen-bond donors (Lipinski definition) is 0.